The van der Waals surface area contributed by atoms with Crippen LogP contribution in [0.25, 0.3) is 0 Å². The predicted octanol–water partition coefficient (Wildman–Crippen LogP) is 3.70. The first-order valence-electron chi connectivity index (χ1n) is 7.09. The van der Waals surface area contributed by atoms with Crippen LogP contribution in [0.15, 0.2) is 50.6 Å². The molecular weight excluding hydrogens is 384 g/mol. The van der Waals surface area contributed by atoms with Gasteiger partial charge in [-0.3, -0.25) is 0 Å². The number of thioether (sulfide) groups is 1. The molecule has 1 heterocycles. The molecule has 0 amide bonds. The van der Waals surface area contributed by atoms with E-state index in [2.05, 4.69) is 9.71 Å². The van der Waals surface area contributed by atoms with Crippen LogP contribution in [-0.2, 0) is 14.8 Å². The van der Waals surface area contributed by atoms with Gasteiger partial charge in [0.25, 0.3) is 10.0 Å². The molecule has 0 aliphatic carbocycles. The van der Waals surface area contributed by atoms with Crippen molar-refractivity contribution < 1.29 is 17.9 Å². The minimum Gasteiger partial charge on any atom is -0.465 e. The van der Waals surface area contributed by atoms with Gasteiger partial charge in [0.05, 0.1) is 18.4 Å². The summed E-state index contributed by atoms with van der Waals surface area (Å²) in [5.74, 6) is -0.536. The molecule has 9 heteroatoms. The van der Waals surface area contributed by atoms with Gasteiger partial charge in [-0.15, -0.1) is 4.40 Å². The third-order valence-electron chi connectivity index (χ3n) is 3.49. The molecule has 2 aromatic carbocycles. The molecule has 0 radical (unpaired) electrons. The normalized spacial score (nSPS) is 15.1. The van der Waals surface area contributed by atoms with Crippen LogP contribution >= 0.6 is 23.4 Å². The lowest BCUT2D eigenvalue weighted by atomic mass is 10.2. The Morgan fingerprint density at radius 3 is 2.72 bits per heavy atom. The van der Waals surface area contributed by atoms with Crippen molar-refractivity contribution in [3.8, 4) is 0 Å². The topological polar surface area (TPSA) is 84.8 Å². The Balaban J connectivity index is 2.00. The zero-order valence-corrected chi connectivity index (χ0v) is 15.6. The summed E-state index contributed by atoms with van der Waals surface area (Å²) < 4.78 is 33.4. The van der Waals surface area contributed by atoms with Crippen LogP contribution in [0.2, 0.25) is 5.02 Å². The second-order valence-electron chi connectivity index (χ2n) is 5.18. The zero-order chi connectivity index (χ0) is 18.2. The number of fused-ring (bicyclic) bond motifs is 1. The third kappa shape index (κ3) is 3.51. The van der Waals surface area contributed by atoms with Gasteiger partial charge in [-0.1, -0.05) is 23.7 Å². The van der Waals surface area contributed by atoms with Crippen LogP contribution in [0.3, 0.4) is 0 Å². The monoisotopic (exact) mass is 396 g/mol. The highest BCUT2D eigenvalue weighted by Crippen LogP contribution is 2.37. The van der Waals surface area contributed by atoms with Crippen LogP contribution in [-0.4, -0.2) is 26.7 Å². The molecule has 1 N–H and O–H groups in total. The maximum absolute atomic E-state index is 12.4. The molecule has 0 atom stereocenters. The van der Waals surface area contributed by atoms with Crippen LogP contribution in [0.4, 0.5) is 5.69 Å². The summed E-state index contributed by atoms with van der Waals surface area (Å²) >= 11 is 7.23. The van der Waals surface area contributed by atoms with E-state index in [1.54, 1.807) is 37.3 Å². The fourth-order valence-electron chi connectivity index (χ4n) is 2.24. The Kier molecular flexibility index (Phi) is 4.77. The first kappa shape index (κ1) is 17.8. The highest BCUT2D eigenvalue weighted by molar-refractivity contribution is 8.15. The Hall–Kier alpha value is -2.03. The van der Waals surface area contributed by atoms with Gasteiger partial charge in [0.2, 0.25) is 0 Å². The molecule has 3 rings (SSSR count). The highest BCUT2D eigenvalue weighted by atomic mass is 35.5. The van der Waals surface area contributed by atoms with E-state index in [1.807, 2.05) is 0 Å². The Morgan fingerprint density at radius 2 is 2.00 bits per heavy atom. The largest absolute Gasteiger partial charge is 0.465 e. The van der Waals surface area contributed by atoms with Crippen molar-refractivity contribution in [1.82, 2.24) is 0 Å². The molecule has 6 nitrogen and oxygen atoms in total. The maximum Gasteiger partial charge on any atom is 0.339 e. The minimum absolute atomic E-state index is 0.117. The number of benzene rings is 2. The van der Waals surface area contributed by atoms with Crippen molar-refractivity contribution >= 4 is 50.2 Å². The van der Waals surface area contributed by atoms with Crippen molar-refractivity contribution in [3.05, 3.63) is 52.5 Å². The van der Waals surface area contributed by atoms with Gasteiger partial charge < -0.3 is 10.1 Å². The quantitative estimate of drug-likeness (QED) is 0.779. The Morgan fingerprint density at radius 1 is 1.28 bits per heavy atom. The van der Waals surface area contributed by atoms with Gasteiger partial charge in [0, 0.05) is 9.92 Å². The number of esters is 1. The number of carbonyl (C=O) groups excluding carboxylic acids is 1. The lowest BCUT2D eigenvalue weighted by Crippen LogP contribution is -2.18. The van der Waals surface area contributed by atoms with E-state index >= 15 is 0 Å². The van der Waals surface area contributed by atoms with Crippen LogP contribution < -0.4 is 5.32 Å². The van der Waals surface area contributed by atoms with Crippen molar-refractivity contribution in [2.24, 2.45) is 4.40 Å². The summed E-state index contributed by atoms with van der Waals surface area (Å²) in [6.45, 7) is 1.73. The number of rotatable bonds is 2. The smallest absolute Gasteiger partial charge is 0.339 e. The maximum atomic E-state index is 12.4. The summed E-state index contributed by atoms with van der Waals surface area (Å²) in [5.41, 5.74) is 1.34. The zero-order valence-electron chi connectivity index (χ0n) is 13.2. The number of carbonyl (C=O) groups is 1. The molecule has 130 valence electrons. The molecular formula is C16H13ClN2O4S2. The van der Waals surface area contributed by atoms with Gasteiger partial charge in [-0.2, -0.15) is 8.42 Å². The molecule has 1 aliphatic rings. The van der Waals surface area contributed by atoms with Crippen LogP contribution in [0.5, 0.6) is 0 Å². The van der Waals surface area contributed by atoms with Gasteiger partial charge in [-0.05, 0) is 48.5 Å². The van der Waals surface area contributed by atoms with E-state index < -0.39 is 16.0 Å². The number of para-hydroxylation sites is 1. The number of hydrogen-bond donors (Lipinski definition) is 1. The molecule has 0 fully saturated rings. The first-order chi connectivity index (χ1) is 11.8. The second-order valence-corrected chi connectivity index (χ2v) is 8.19. The van der Waals surface area contributed by atoms with E-state index in [4.69, 9.17) is 16.3 Å². The lowest BCUT2D eigenvalue weighted by molar-refractivity contribution is 0.0602. The first-order valence-corrected chi connectivity index (χ1v) is 9.72. The van der Waals surface area contributed by atoms with Crippen LogP contribution in [0, 0.1) is 6.92 Å². The minimum atomic E-state index is -3.86. The summed E-state index contributed by atoms with van der Waals surface area (Å²) in [6.07, 6.45) is 0. The average Bonchev–Trinajstić information content (AvgIpc) is 2.56. The number of amidine groups is 1. The number of nitrogens with zero attached hydrogens (tertiary/aromatic N) is 1. The molecule has 0 saturated carbocycles. The van der Waals surface area contributed by atoms with Crippen molar-refractivity contribution in [2.45, 2.75) is 16.7 Å². The van der Waals surface area contributed by atoms with E-state index in [0.717, 1.165) is 11.8 Å². The van der Waals surface area contributed by atoms with Gasteiger partial charge in [-0.25, -0.2) is 4.79 Å². The van der Waals surface area contributed by atoms with Crippen molar-refractivity contribution in [1.29, 1.82) is 0 Å². The van der Waals surface area contributed by atoms with Crippen molar-refractivity contribution in [2.75, 3.05) is 12.4 Å². The summed E-state index contributed by atoms with van der Waals surface area (Å²) in [5, 5.41) is 3.48. The van der Waals surface area contributed by atoms with Gasteiger partial charge in [0.1, 0.15) is 4.90 Å². The predicted molar refractivity (Wildman–Crippen MR) is 98.1 cm³/mol. The van der Waals surface area contributed by atoms with Crippen LogP contribution in [0.1, 0.15) is 15.9 Å². The van der Waals surface area contributed by atoms with E-state index in [1.165, 1.54) is 13.2 Å². The number of anilines is 1. The second kappa shape index (κ2) is 6.70. The Bertz CT molecular complexity index is 1000. The Labute approximate surface area is 154 Å². The number of ether oxygens (including phenoxy) is 1. The fourth-order valence-corrected chi connectivity index (χ4v) is 5.06. The molecule has 1 aliphatic heterocycles. The number of nitrogens with one attached hydrogen (secondary N) is 1. The number of halogens is 1. The molecule has 0 unspecified atom stereocenters. The average molecular weight is 397 g/mol. The lowest BCUT2D eigenvalue weighted by Gasteiger charge is -2.18. The number of sulfonamides is 1. The molecule has 25 heavy (non-hydrogen) atoms. The van der Waals surface area contributed by atoms with Gasteiger partial charge >= 0.3 is 5.97 Å². The molecule has 2 aromatic rings. The summed E-state index contributed by atoms with van der Waals surface area (Å²) in [6, 6.07) is 9.71. The molecule has 0 spiro atoms. The SMILES string of the molecule is COC(=O)c1ccccc1NC1=NS(=O)(=O)c2cc(C)c(Cl)cc2S1. The van der Waals surface area contributed by atoms with E-state index in [9.17, 15) is 13.2 Å². The summed E-state index contributed by atoms with van der Waals surface area (Å²) in [7, 11) is -2.58. The standard InChI is InChI=1S/C16H13ClN2O4S2/c1-9-7-14-13(8-11(9)17)24-16(19-25(14,21)22)18-12-6-4-3-5-10(12)15(20)23-2/h3-8H,1-2H3,(H,18,19). The van der Waals surface area contributed by atoms with Gasteiger partial charge in [0.15, 0.2) is 5.17 Å². The van der Waals surface area contributed by atoms with E-state index in [0.29, 0.717) is 21.2 Å². The van der Waals surface area contributed by atoms with Crippen molar-refractivity contribution in [3.63, 3.8) is 0 Å². The number of aryl methyl sites for hydroxylation is 1. The summed E-state index contributed by atoms with van der Waals surface area (Å²) in [4.78, 5) is 12.4. The number of hydrogen-bond acceptors (Lipinski definition) is 6. The third-order valence-corrected chi connectivity index (χ3v) is 6.40. The molecule has 0 saturated heterocycles. The molecule has 0 aromatic heterocycles. The fraction of sp³-hybridized carbons (Fsp3) is 0.125. The highest BCUT2D eigenvalue weighted by Gasteiger charge is 2.27. The van der Waals surface area contributed by atoms with E-state index in [-0.39, 0.29) is 15.6 Å². The molecule has 0 bridgehead atoms. The number of methoxy groups -OCH3 is 1.